The molecule has 0 saturated carbocycles. The van der Waals surface area contributed by atoms with Crippen LogP contribution in [0.1, 0.15) is 26.2 Å². The molecule has 0 radical (unpaired) electrons. The molecule has 0 unspecified atom stereocenters. The highest BCUT2D eigenvalue weighted by Gasteiger charge is 2.24. The van der Waals surface area contributed by atoms with Crippen LogP contribution in [0.2, 0.25) is 0 Å². The van der Waals surface area contributed by atoms with E-state index in [9.17, 15) is 4.79 Å². The summed E-state index contributed by atoms with van der Waals surface area (Å²) in [7, 11) is 0. The molecule has 0 aromatic carbocycles. The summed E-state index contributed by atoms with van der Waals surface area (Å²) in [5.41, 5.74) is 5.35. The molecule has 0 aliphatic carbocycles. The lowest BCUT2D eigenvalue weighted by molar-refractivity contribution is 0.207. The first-order valence-corrected chi connectivity index (χ1v) is 5.50. The Balaban J connectivity index is 2.18. The zero-order chi connectivity index (χ0) is 10.4. The number of nitrogens with zero attached hydrogens (tertiary/aromatic N) is 1. The van der Waals surface area contributed by atoms with Crippen LogP contribution in [0, 0.1) is 5.92 Å². The van der Waals surface area contributed by atoms with Crippen LogP contribution in [0.4, 0.5) is 4.79 Å². The highest BCUT2D eigenvalue weighted by atomic mass is 16.2. The summed E-state index contributed by atoms with van der Waals surface area (Å²) in [6.45, 7) is 5.35. The summed E-state index contributed by atoms with van der Waals surface area (Å²) in [4.78, 5) is 13.5. The smallest absolute Gasteiger partial charge is 0.317 e. The largest absolute Gasteiger partial charge is 0.338 e. The van der Waals surface area contributed by atoms with Crippen LogP contribution in [-0.4, -0.2) is 37.1 Å². The number of nitrogens with one attached hydrogen (secondary N) is 1. The van der Waals surface area contributed by atoms with Crippen molar-refractivity contribution in [2.75, 3.05) is 26.2 Å². The number of carbonyl (C=O) groups is 1. The molecule has 1 aliphatic rings. The average molecular weight is 199 g/mol. The van der Waals surface area contributed by atoms with Gasteiger partial charge in [-0.25, -0.2) is 4.79 Å². The van der Waals surface area contributed by atoms with Gasteiger partial charge in [0.25, 0.3) is 0 Å². The number of amides is 2. The molecule has 0 aromatic rings. The maximum absolute atomic E-state index is 11.6. The van der Waals surface area contributed by atoms with E-state index in [0.29, 0.717) is 19.0 Å². The standard InChI is InChI=1S/C10H21N3O/c1-2-9-4-7-13(8-9)10(14)12-6-3-5-11/h9H,2-8,11H2,1H3,(H,12,14)/t9-/m0/s1. The van der Waals surface area contributed by atoms with Gasteiger partial charge in [0.2, 0.25) is 0 Å². The van der Waals surface area contributed by atoms with Crippen molar-refractivity contribution in [3.8, 4) is 0 Å². The van der Waals surface area contributed by atoms with Gasteiger partial charge in [-0.3, -0.25) is 0 Å². The predicted octanol–water partition coefficient (Wildman–Crippen LogP) is 0.777. The van der Waals surface area contributed by atoms with Gasteiger partial charge in [-0.2, -0.15) is 0 Å². The van der Waals surface area contributed by atoms with Crippen molar-refractivity contribution in [1.82, 2.24) is 10.2 Å². The molecule has 0 bridgehead atoms. The van der Waals surface area contributed by atoms with Crippen molar-refractivity contribution >= 4 is 6.03 Å². The quantitative estimate of drug-likeness (QED) is 0.657. The minimum Gasteiger partial charge on any atom is -0.338 e. The van der Waals surface area contributed by atoms with Gasteiger partial charge >= 0.3 is 6.03 Å². The number of carbonyl (C=O) groups excluding carboxylic acids is 1. The van der Waals surface area contributed by atoms with Crippen LogP contribution in [0.15, 0.2) is 0 Å². The molecule has 1 heterocycles. The van der Waals surface area contributed by atoms with Crippen molar-refractivity contribution in [1.29, 1.82) is 0 Å². The van der Waals surface area contributed by atoms with Gasteiger partial charge in [0.15, 0.2) is 0 Å². The van der Waals surface area contributed by atoms with Crippen LogP contribution in [0.25, 0.3) is 0 Å². The molecule has 82 valence electrons. The highest BCUT2D eigenvalue weighted by molar-refractivity contribution is 5.74. The Hall–Kier alpha value is -0.770. The Morgan fingerprint density at radius 3 is 3.00 bits per heavy atom. The summed E-state index contributed by atoms with van der Waals surface area (Å²) in [5.74, 6) is 0.704. The maximum atomic E-state index is 11.6. The lowest BCUT2D eigenvalue weighted by atomic mass is 10.1. The van der Waals surface area contributed by atoms with Crippen LogP contribution < -0.4 is 11.1 Å². The lowest BCUT2D eigenvalue weighted by Gasteiger charge is -2.16. The molecule has 3 N–H and O–H groups in total. The second kappa shape index (κ2) is 5.86. The molecule has 1 saturated heterocycles. The topological polar surface area (TPSA) is 58.4 Å². The third kappa shape index (κ3) is 3.18. The Kier molecular flexibility index (Phi) is 4.73. The number of urea groups is 1. The minimum atomic E-state index is 0.0781. The third-order valence-corrected chi connectivity index (χ3v) is 2.81. The van der Waals surface area contributed by atoms with E-state index in [1.807, 2.05) is 4.90 Å². The van der Waals surface area contributed by atoms with Crippen molar-refractivity contribution in [2.24, 2.45) is 11.7 Å². The van der Waals surface area contributed by atoms with Gasteiger partial charge in [0.05, 0.1) is 0 Å². The van der Waals surface area contributed by atoms with E-state index < -0.39 is 0 Å². The van der Waals surface area contributed by atoms with Gasteiger partial charge in [-0.05, 0) is 25.3 Å². The van der Waals surface area contributed by atoms with E-state index in [1.165, 1.54) is 6.42 Å². The SMILES string of the molecule is CC[C@H]1CCN(C(=O)NCCCN)C1. The zero-order valence-corrected chi connectivity index (χ0v) is 8.96. The van der Waals surface area contributed by atoms with Gasteiger partial charge in [-0.1, -0.05) is 13.3 Å². The molecule has 4 heteroatoms. The summed E-state index contributed by atoms with van der Waals surface area (Å²) >= 11 is 0. The van der Waals surface area contributed by atoms with Crippen molar-refractivity contribution in [2.45, 2.75) is 26.2 Å². The summed E-state index contributed by atoms with van der Waals surface area (Å²) < 4.78 is 0. The summed E-state index contributed by atoms with van der Waals surface area (Å²) in [6.07, 6.45) is 3.18. The monoisotopic (exact) mass is 199 g/mol. The number of likely N-dealkylation sites (tertiary alicyclic amines) is 1. The van der Waals surface area contributed by atoms with E-state index in [2.05, 4.69) is 12.2 Å². The Bertz CT molecular complexity index is 184. The van der Waals surface area contributed by atoms with Crippen LogP contribution in [-0.2, 0) is 0 Å². The first-order valence-electron chi connectivity index (χ1n) is 5.50. The van der Waals surface area contributed by atoms with Crippen molar-refractivity contribution in [3.05, 3.63) is 0 Å². The third-order valence-electron chi connectivity index (χ3n) is 2.81. The van der Waals surface area contributed by atoms with E-state index in [-0.39, 0.29) is 6.03 Å². The number of hydrogen-bond donors (Lipinski definition) is 2. The van der Waals surface area contributed by atoms with Crippen LogP contribution in [0.3, 0.4) is 0 Å². The highest BCUT2D eigenvalue weighted by Crippen LogP contribution is 2.18. The summed E-state index contributed by atoms with van der Waals surface area (Å²) in [6, 6.07) is 0.0781. The molecular formula is C10H21N3O. The Labute approximate surface area is 85.8 Å². The molecule has 0 spiro atoms. The van der Waals surface area contributed by atoms with Gasteiger partial charge in [0, 0.05) is 19.6 Å². The first-order chi connectivity index (χ1) is 6.77. The summed E-state index contributed by atoms with van der Waals surface area (Å²) in [5, 5.41) is 2.88. The van der Waals surface area contributed by atoms with Crippen LogP contribution >= 0.6 is 0 Å². The lowest BCUT2D eigenvalue weighted by Crippen LogP contribution is -2.39. The van der Waals surface area contributed by atoms with Gasteiger partial charge < -0.3 is 16.0 Å². The molecule has 1 rings (SSSR count). The van der Waals surface area contributed by atoms with E-state index in [4.69, 9.17) is 5.73 Å². The second-order valence-electron chi connectivity index (χ2n) is 3.88. The van der Waals surface area contributed by atoms with Gasteiger partial charge in [-0.15, -0.1) is 0 Å². The van der Waals surface area contributed by atoms with Crippen molar-refractivity contribution in [3.63, 3.8) is 0 Å². The number of hydrogen-bond acceptors (Lipinski definition) is 2. The van der Waals surface area contributed by atoms with E-state index in [1.54, 1.807) is 0 Å². The first kappa shape index (κ1) is 11.3. The molecule has 1 atom stereocenters. The molecule has 1 fully saturated rings. The minimum absolute atomic E-state index is 0.0781. The molecular weight excluding hydrogens is 178 g/mol. The molecule has 4 nitrogen and oxygen atoms in total. The fraction of sp³-hybridized carbons (Fsp3) is 0.900. The molecule has 14 heavy (non-hydrogen) atoms. The normalized spacial score (nSPS) is 21.3. The van der Waals surface area contributed by atoms with Gasteiger partial charge in [0.1, 0.15) is 0 Å². The maximum Gasteiger partial charge on any atom is 0.317 e. The fourth-order valence-electron chi connectivity index (χ4n) is 1.76. The molecule has 0 aromatic heterocycles. The molecule has 1 aliphatic heterocycles. The van der Waals surface area contributed by atoms with Crippen molar-refractivity contribution < 1.29 is 4.79 Å². The Morgan fingerprint density at radius 2 is 2.43 bits per heavy atom. The van der Waals surface area contributed by atoms with E-state index in [0.717, 1.165) is 25.9 Å². The van der Waals surface area contributed by atoms with Crippen LogP contribution in [0.5, 0.6) is 0 Å². The number of nitrogens with two attached hydrogens (primary N) is 1. The molecule has 2 amide bonds. The average Bonchev–Trinajstić information content (AvgIpc) is 2.66. The Morgan fingerprint density at radius 1 is 1.64 bits per heavy atom. The predicted molar refractivity (Wildman–Crippen MR) is 57.0 cm³/mol. The second-order valence-corrected chi connectivity index (χ2v) is 3.88. The zero-order valence-electron chi connectivity index (χ0n) is 8.96. The fourth-order valence-corrected chi connectivity index (χ4v) is 1.76. The van der Waals surface area contributed by atoms with E-state index >= 15 is 0 Å². The number of rotatable bonds is 4.